The first-order chi connectivity index (χ1) is 8.28. The predicted octanol–water partition coefficient (Wildman–Crippen LogP) is 2.35. The van der Waals surface area contributed by atoms with Crippen LogP contribution in [0.1, 0.15) is 39.0 Å². The van der Waals surface area contributed by atoms with Crippen LogP contribution in [-0.2, 0) is 0 Å². The molecule has 1 saturated carbocycles. The van der Waals surface area contributed by atoms with E-state index < -0.39 is 0 Å². The quantitative estimate of drug-likeness (QED) is 0.814. The van der Waals surface area contributed by atoms with Gasteiger partial charge in [0.05, 0.1) is 0 Å². The second-order valence-corrected chi connectivity index (χ2v) is 7.51. The molecule has 98 valence electrons. The minimum Gasteiger partial charge on any atom is -0.310 e. The van der Waals surface area contributed by atoms with Gasteiger partial charge in [-0.25, -0.2) is 0 Å². The SMILES string of the molecule is CC1(C2CC2)CN(C2CCSCC2)CCCN1. The van der Waals surface area contributed by atoms with Crippen molar-refractivity contribution < 1.29 is 0 Å². The summed E-state index contributed by atoms with van der Waals surface area (Å²) < 4.78 is 0. The van der Waals surface area contributed by atoms with E-state index >= 15 is 0 Å². The van der Waals surface area contributed by atoms with Gasteiger partial charge in [0, 0.05) is 18.1 Å². The van der Waals surface area contributed by atoms with Crippen molar-refractivity contribution in [3.63, 3.8) is 0 Å². The van der Waals surface area contributed by atoms with Crippen molar-refractivity contribution in [3.8, 4) is 0 Å². The molecule has 2 aliphatic heterocycles. The zero-order valence-corrected chi connectivity index (χ0v) is 11.9. The van der Waals surface area contributed by atoms with Crippen LogP contribution >= 0.6 is 11.8 Å². The number of hydrogen-bond donors (Lipinski definition) is 1. The highest BCUT2D eigenvalue weighted by Gasteiger charge is 2.43. The summed E-state index contributed by atoms with van der Waals surface area (Å²) in [5.74, 6) is 3.73. The topological polar surface area (TPSA) is 15.3 Å². The van der Waals surface area contributed by atoms with Gasteiger partial charge in [-0.15, -0.1) is 0 Å². The Morgan fingerprint density at radius 2 is 1.94 bits per heavy atom. The van der Waals surface area contributed by atoms with Crippen LogP contribution in [0.25, 0.3) is 0 Å². The molecule has 2 saturated heterocycles. The molecule has 1 atom stereocenters. The first kappa shape index (κ1) is 12.3. The Morgan fingerprint density at radius 1 is 1.18 bits per heavy atom. The normalized spacial score (nSPS) is 37.9. The lowest BCUT2D eigenvalue weighted by molar-refractivity contribution is 0.143. The summed E-state index contributed by atoms with van der Waals surface area (Å²) in [6.07, 6.45) is 7.10. The van der Waals surface area contributed by atoms with E-state index in [4.69, 9.17) is 0 Å². The average molecular weight is 254 g/mol. The van der Waals surface area contributed by atoms with Crippen LogP contribution < -0.4 is 5.32 Å². The molecule has 3 heteroatoms. The molecule has 2 nitrogen and oxygen atoms in total. The van der Waals surface area contributed by atoms with Crippen molar-refractivity contribution in [3.05, 3.63) is 0 Å². The zero-order chi connectivity index (χ0) is 11.7. The van der Waals surface area contributed by atoms with Crippen molar-refractivity contribution in [2.75, 3.05) is 31.1 Å². The van der Waals surface area contributed by atoms with Gasteiger partial charge in [-0.3, -0.25) is 4.90 Å². The molecule has 0 aromatic heterocycles. The van der Waals surface area contributed by atoms with Crippen molar-refractivity contribution in [2.24, 2.45) is 5.92 Å². The van der Waals surface area contributed by atoms with Crippen molar-refractivity contribution in [1.82, 2.24) is 10.2 Å². The molecular formula is C14H26N2S. The molecule has 3 fully saturated rings. The molecule has 3 rings (SSSR count). The Balaban J connectivity index is 1.66. The number of hydrogen-bond acceptors (Lipinski definition) is 3. The minimum absolute atomic E-state index is 0.418. The average Bonchev–Trinajstić information content (AvgIpc) is 3.17. The fourth-order valence-corrected chi connectivity index (χ4v) is 4.65. The molecular weight excluding hydrogens is 228 g/mol. The Morgan fingerprint density at radius 3 is 2.65 bits per heavy atom. The van der Waals surface area contributed by atoms with Crippen LogP contribution in [0.3, 0.4) is 0 Å². The van der Waals surface area contributed by atoms with Gasteiger partial charge in [0.2, 0.25) is 0 Å². The number of nitrogens with zero attached hydrogens (tertiary/aromatic N) is 1. The Hall–Kier alpha value is 0.270. The van der Waals surface area contributed by atoms with Gasteiger partial charge >= 0.3 is 0 Å². The van der Waals surface area contributed by atoms with Gasteiger partial charge in [-0.05, 0) is 69.5 Å². The molecule has 0 aromatic carbocycles. The third-order valence-corrected chi connectivity index (χ3v) is 5.92. The smallest absolute Gasteiger partial charge is 0.0308 e. The van der Waals surface area contributed by atoms with Crippen LogP contribution in [0.2, 0.25) is 0 Å². The van der Waals surface area contributed by atoms with Crippen LogP contribution in [0.4, 0.5) is 0 Å². The lowest BCUT2D eigenvalue weighted by Crippen LogP contribution is -2.53. The summed E-state index contributed by atoms with van der Waals surface area (Å²) in [5, 5.41) is 3.84. The fourth-order valence-electron chi connectivity index (χ4n) is 3.57. The maximum absolute atomic E-state index is 3.84. The lowest BCUT2D eigenvalue weighted by atomic mass is 9.94. The molecule has 1 aliphatic carbocycles. The van der Waals surface area contributed by atoms with E-state index in [1.54, 1.807) is 0 Å². The van der Waals surface area contributed by atoms with Crippen molar-refractivity contribution in [1.29, 1.82) is 0 Å². The highest BCUT2D eigenvalue weighted by Crippen LogP contribution is 2.41. The summed E-state index contributed by atoms with van der Waals surface area (Å²) in [5.41, 5.74) is 0.418. The summed E-state index contributed by atoms with van der Waals surface area (Å²) in [4.78, 5) is 2.82. The van der Waals surface area contributed by atoms with E-state index in [-0.39, 0.29) is 0 Å². The zero-order valence-electron chi connectivity index (χ0n) is 11.1. The van der Waals surface area contributed by atoms with E-state index in [1.807, 2.05) is 0 Å². The highest BCUT2D eigenvalue weighted by atomic mass is 32.2. The molecule has 0 bridgehead atoms. The highest BCUT2D eigenvalue weighted by molar-refractivity contribution is 7.99. The van der Waals surface area contributed by atoms with E-state index in [2.05, 4.69) is 28.9 Å². The molecule has 0 aromatic rings. The van der Waals surface area contributed by atoms with Crippen LogP contribution in [0.5, 0.6) is 0 Å². The Bertz CT molecular complexity index is 261. The predicted molar refractivity (Wildman–Crippen MR) is 75.7 cm³/mol. The fraction of sp³-hybridized carbons (Fsp3) is 1.00. The van der Waals surface area contributed by atoms with Gasteiger partial charge < -0.3 is 5.32 Å². The lowest BCUT2D eigenvalue weighted by Gasteiger charge is -2.39. The van der Waals surface area contributed by atoms with Gasteiger partial charge in [-0.2, -0.15) is 11.8 Å². The molecule has 1 unspecified atom stereocenters. The van der Waals surface area contributed by atoms with Gasteiger partial charge in [0.15, 0.2) is 0 Å². The van der Waals surface area contributed by atoms with Crippen LogP contribution in [-0.4, -0.2) is 47.6 Å². The second-order valence-electron chi connectivity index (χ2n) is 6.29. The van der Waals surface area contributed by atoms with Crippen molar-refractivity contribution >= 4 is 11.8 Å². The molecule has 0 radical (unpaired) electrons. The van der Waals surface area contributed by atoms with Gasteiger partial charge in [-0.1, -0.05) is 0 Å². The number of thioether (sulfide) groups is 1. The van der Waals surface area contributed by atoms with E-state index in [0.29, 0.717) is 5.54 Å². The molecule has 1 N–H and O–H groups in total. The molecule has 3 aliphatic rings. The number of nitrogens with one attached hydrogen (secondary N) is 1. The summed E-state index contributed by atoms with van der Waals surface area (Å²) in [7, 11) is 0. The molecule has 2 heterocycles. The standard InChI is InChI=1S/C14H26N2S/c1-14(12-3-4-12)11-16(8-2-7-15-14)13-5-9-17-10-6-13/h12-13,15H,2-11H2,1H3. The van der Waals surface area contributed by atoms with Crippen molar-refractivity contribution in [2.45, 2.75) is 50.6 Å². The first-order valence-corrected chi connectivity index (χ1v) is 8.50. The van der Waals surface area contributed by atoms with Gasteiger partial charge in [0.25, 0.3) is 0 Å². The van der Waals surface area contributed by atoms with Crippen LogP contribution in [0.15, 0.2) is 0 Å². The minimum atomic E-state index is 0.418. The third-order valence-electron chi connectivity index (χ3n) is 4.87. The maximum Gasteiger partial charge on any atom is 0.0308 e. The van der Waals surface area contributed by atoms with Gasteiger partial charge in [0.1, 0.15) is 0 Å². The Labute approximate surface area is 110 Å². The van der Waals surface area contributed by atoms with Crippen LogP contribution in [0, 0.1) is 5.92 Å². The largest absolute Gasteiger partial charge is 0.310 e. The van der Waals surface area contributed by atoms with E-state index in [9.17, 15) is 0 Å². The maximum atomic E-state index is 3.84. The van der Waals surface area contributed by atoms with E-state index in [1.165, 1.54) is 63.2 Å². The third kappa shape index (κ3) is 2.82. The molecule has 17 heavy (non-hydrogen) atoms. The molecule has 0 spiro atoms. The monoisotopic (exact) mass is 254 g/mol. The van der Waals surface area contributed by atoms with E-state index in [0.717, 1.165) is 12.0 Å². The number of rotatable bonds is 2. The first-order valence-electron chi connectivity index (χ1n) is 7.35. The summed E-state index contributed by atoms with van der Waals surface area (Å²) in [6.45, 7) is 6.32. The molecule has 0 amide bonds. The summed E-state index contributed by atoms with van der Waals surface area (Å²) in [6, 6.07) is 0.884. The Kier molecular flexibility index (Phi) is 3.69. The summed E-state index contributed by atoms with van der Waals surface area (Å²) >= 11 is 2.14. The second kappa shape index (κ2) is 5.10.